The molecule has 0 fully saturated rings. The zero-order valence-corrected chi connectivity index (χ0v) is 15.6. The van der Waals surface area contributed by atoms with Gasteiger partial charge in [0.1, 0.15) is 0 Å². The van der Waals surface area contributed by atoms with Crippen molar-refractivity contribution in [2.45, 2.75) is 20.8 Å². The quantitative estimate of drug-likeness (QED) is 0.650. The second-order valence-electron chi connectivity index (χ2n) is 6.51. The molecule has 0 aliphatic heterocycles. The average molecular weight is 367 g/mol. The Kier molecular flexibility index (Phi) is 4.81. The summed E-state index contributed by atoms with van der Waals surface area (Å²) in [6.45, 7) is 5.33. The van der Waals surface area contributed by atoms with Gasteiger partial charge >= 0.3 is 0 Å². The van der Waals surface area contributed by atoms with Crippen LogP contribution < -0.4 is 16.2 Å². The van der Waals surface area contributed by atoms with E-state index in [9.17, 15) is 14.4 Å². The lowest BCUT2D eigenvalue weighted by molar-refractivity contribution is -0.115. The molecule has 0 saturated carbocycles. The number of hydrogen-bond donors (Lipinski definition) is 3. The van der Waals surface area contributed by atoms with Gasteiger partial charge in [0, 0.05) is 18.4 Å². The van der Waals surface area contributed by atoms with Crippen molar-refractivity contribution in [1.82, 2.24) is 20.1 Å². The van der Waals surface area contributed by atoms with Crippen LogP contribution in [-0.2, 0) is 11.8 Å². The van der Waals surface area contributed by atoms with Crippen LogP contribution in [0.15, 0.2) is 29.1 Å². The summed E-state index contributed by atoms with van der Waals surface area (Å²) < 4.78 is 1.47. The minimum Gasteiger partial charge on any atom is -0.343 e. The van der Waals surface area contributed by atoms with Gasteiger partial charge in [0.15, 0.2) is 5.65 Å². The largest absolute Gasteiger partial charge is 0.343 e. The molecule has 140 valence electrons. The van der Waals surface area contributed by atoms with Crippen molar-refractivity contribution >= 4 is 28.5 Å². The molecule has 0 spiro atoms. The molecule has 0 aliphatic rings. The summed E-state index contributed by atoms with van der Waals surface area (Å²) in [5, 5.41) is 8.18. The van der Waals surface area contributed by atoms with E-state index in [1.165, 1.54) is 10.7 Å². The molecule has 0 unspecified atom stereocenters. The van der Waals surface area contributed by atoms with Crippen LogP contribution in [0.2, 0.25) is 0 Å². The molecule has 0 aliphatic carbocycles. The fourth-order valence-corrected chi connectivity index (χ4v) is 3.01. The molecule has 1 aromatic carbocycles. The molecule has 8 heteroatoms. The van der Waals surface area contributed by atoms with Crippen molar-refractivity contribution in [3.8, 4) is 0 Å². The SMILES string of the molecule is Cc1cc(C(=O)NCC(=O)Nc2c(C)cccc2C)c2c(=O)[nH]n(C)c2n1. The van der Waals surface area contributed by atoms with Crippen molar-refractivity contribution < 1.29 is 9.59 Å². The van der Waals surface area contributed by atoms with Gasteiger partial charge in [-0.15, -0.1) is 0 Å². The number of aromatic nitrogens is 3. The smallest absolute Gasteiger partial charge is 0.274 e. The number of para-hydroxylation sites is 1. The molecule has 2 amide bonds. The highest BCUT2D eigenvalue weighted by molar-refractivity contribution is 6.07. The minimum atomic E-state index is -0.501. The van der Waals surface area contributed by atoms with Crippen LogP contribution in [0.25, 0.3) is 11.0 Å². The van der Waals surface area contributed by atoms with Crippen molar-refractivity contribution in [3.63, 3.8) is 0 Å². The van der Waals surface area contributed by atoms with Gasteiger partial charge in [-0.2, -0.15) is 0 Å². The lowest BCUT2D eigenvalue weighted by atomic mass is 10.1. The normalized spacial score (nSPS) is 10.8. The first-order valence-electron chi connectivity index (χ1n) is 8.48. The monoisotopic (exact) mass is 367 g/mol. The summed E-state index contributed by atoms with van der Waals surface area (Å²) in [5.41, 5.74) is 3.41. The molecule has 8 nitrogen and oxygen atoms in total. The molecule has 2 aromatic heterocycles. The van der Waals surface area contributed by atoms with Gasteiger partial charge in [-0.3, -0.25) is 24.2 Å². The Morgan fingerprint density at radius 3 is 2.52 bits per heavy atom. The Hall–Kier alpha value is -3.42. The van der Waals surface area contributed by atoms with Crippen molar-refractivity contribution in [3.05, 3.63) is 57.0 Å². The Bertz CT molecular complexity index is 1090. The molecule has 2 heterocycles. The van der Waals surface area contributed by atoms with E-state index in [2.05, 4.69) is 20.7 Å². The van der Waals surface area contributed by atoms with Crippen LogP contribution in [0.3, 0.4) is 0 Å². The van der Waals surface area contributed by atoms with Crippen LogP contribution in [0.1, 0.15) is 27.2 Å². The first-order chi connectivity index (χ1) is 12.8. The molecule has 0 atom stereocenters. The predicted octanol–water partition coefficient (Wildman–Crippen LogP) is 1.56. The number of carbonyl (C=O) groups excluding carboxylic acids is 2. The van der Waals surface area contributed by atoms with E-state index in [4.69, 9.17) is 0 Å². The number of nitrogens with one attached hydrogen (secondary N) is 3. The van der Waals surface area contributed by atoms with Gasteiger partial charge < -0.3 is 10.6 Å². The maximum atomic E-state index is 12.6. The Labute approximate surface area is 155 Å². The molecule has 3 N–H and O–H groups in total. The van der Waals surface area contributed by atoms with E-state index in [-0.39, 0.29) is 23.4 Å². The molecule has 27 heavy (non-hydrogen) atoms. The molecule has 3 aromatic rings. The number of H-pyrrole nitrogens is 1. The Morgan fingerprint density at radius 1 is 1.19 bits per heavy atom. The highest BCUT2D eigenvalue weighted by atomic mass is 16.2. The van der Waals surface area contributed by atoms with Gasteiger partial charge in [0.25, 0.3) is 11.5 Å². The molecule has 0 saturated heterocycles. The molecular formula is C19H21N5O3. The predicted molar refractivity (Wildman–Crippen MR) is 103 cm³/mol. The van der Waals surface area contributed by atoms with Gasteiger partial charge in [0.05, 0.1) is 17.5 Å². The number of anilines is 1. The number of fused-ring (bicyclic) bond motifs is 1. The lowest BCUT2D eigenvalue weighted by Gasteiger charge is -2.12. The summed E-state index contributed by atoms with van der Waals surface area (Å²) in [6.07, 6.45) is 0. The van der Waals surface area contributed by atoms with Crippen LogP contribution in [0.4, 0.5) is 5.69 Å². The summed E-state index contributed by atoms with van der Waals surface area (Å²) in [5.74, 6) is -0.844. The first-order valence-corrected chi connectivity index (χ1v) is 8.48. The van der Waals surface area contributed by atoms with Crippen LogP contribution in [-0.4, -0.2) is 33.1 Å². The Morgan fingerprint density at radius 2 is 1.85 bits per heavy atom. The lowest BCUT2D eigenvalue weighted by Crippen LogP contribution is -2.33. The van der Waals surface area contributed by atoms with Crippen LogP contribution >= 0.6 is 0 Å². The third-order valence-electron chi connectivity index (χ3n) is 4.34. The zero-order chi connectivity index (χ0) is 19.7. The molecule has 0 bridgehead atoms. The molecule has 3 rings (SSSR count). The number of aromatic amines is 1. The summed E-state index contributed by atoms with van der Waals surface area (Å²) in [7, 11) is 1.65. The summed E-state index contributed by atoms with van der Waals surface area (Å²) >= 11 is 0. The average Bonchev–Trinajstić information content (AvgIpc) is 2.89. The Balaban J connectivity index is 1.78. The van der Waals surface area contributed by atoms with E-state index in [0.29, 0.717) is 11.3 Å². The number of aryl methyl sites for hydroxylation is 4. The zero-order valence-electron chi connectivity index (χ0n) is 15.6. The number of rotatable bonds is 4. The number of amides is 2. The third kappa shape index (κ3) is 3.59. The number of hydrogen-bond acceptors (Lipinski definition) is 4. The van der Waals surface area contributed by atoms with Gasteiger partial charge in [-0.1, -0.05) is 18.2 Å². The first kappa shape index (κ1) is 18.4. The van der Waals surface area contributed by atoms with E-state index in [1.54, 1.807) is 14.0 Å². The van der Waals surface area contributed by atoms with E-state index in [1.807, 2.05) is 32.0 Å². The number of benzene rings is 1. The van der Waals surface area contributed by atoms with E-state index < -0.39 is 11.5 Å². The van der Waals surface area contributed by atoms with Gasteiger partial charge in [-0.25, -0.2) is 4.98 Å². The summed E-state index contributed by atoms with van der Waals surface area (Å²) in [6, 6.07) is 7.26. The van der Waals surface area contributed by atoms with Crippen molar-refractivity contribution in [1.29, 1.82) is 0 Å². The second kappa shape index (κ2) is 7.06. The van der Waals surface area contributed by atoms with Gasteiger partial charge in [0.2, 0.25) is 5.91 Å². The standard InChI is InChI=1S/C19H21N5O3/c1-10-6-5-7-11(2)16(10)22-14(25)9-20-18(26)13-8-12(3)21-17-15(13)19(27)23-24(17)4/h5-8H,9H2,1-4H3,(H,20,26)(H,22,25)(H,23,27). The maximum absolute atomic E-state index is 12.6. The van der Waals surface area contributed by atoms with Crippen molar-refractivity contribution in [2.24, 2.45) is 7.05 Å². The number of carbonyl (C=O) groups is 2. The van der Waals surface area contributed by atoms with Gasteiger partial charge in [-0.05, 0) is 38.0 Å². The fraction of sp³-hybridized carbons (Fsp3) is 0.263. The topological polar surface area (TPSA) is 109 Å². The molecular weight excluding hydrogens is 346 g/mol. The summed E-state index contributed by atoms with van der Waals surface area (Å²) in [4.78, 5) is 41.2. The second-order valence-corrected chi connectivity index (χ2v) is 6.51. The highest BCUT2D eigenvalue weighted by Crippen LogP contribution is 2.19. The van der Waals surface area contributed by atoms with E-state index in [0.717, 1.165) is 16.8 Å². The fourth-order valence-electron chi connectivity index (χ4n) is 3.01. The van der Waals surface area contributed by atoms with Crippen LogP contribution in [0, 0.1) is 20.8 Å². The maximum Gasteiger partial charge on any atom is 0.274 e. The number of pyridine rings is 1. The minimum absolute atomic E-state index is 0.194. The van der Waals surface area contributed by atoms with Crippen molar-refractivity contribution in [2.75, 3.05) is 11.9 Å². The third-order valence-corrected chi connectivity index (χ3v) is 4.34. The molecule has 0 radical (unpaired) electrons. The van der Waals surface area contributed by atoms with E-state index >= 15 is 0 Å². The number of nitrogens with zero attached hydrogens (tertiary/aromatic N) is 2. The highest BCUT2D eigenvalue weighted by Gasteiger charge is 2.18. The van der Waals surface area contributed by atoms with Crippen LogP contribution in [0.5, 0.6) is 0 Å².